The summed E-state index contributed by atoms with van der Waals surface area (Å²) in [6.45, 7) is 11.0. The number of likely N-dealkylation sites (N-methyl/N-ethyl adjacent to an activating group) is 1. The molecule has 106 valence electrons. The molecule has 1 amide bonds. The van der Waals surface area contributed by atoms with Crippen molar-refractivity contribution in [3.8, 4) is 0 Å². The van der Waals surface area contributed by atoms with Crippen LogP contribution in [0.25, 0.3) is 0 Å². The van der Waals surface area contributed by atoms with Gasteiger partial charge >= 0.3 is 6.09 Å². The Kier molecular flexibility index (Phi) is 4.28. The Labute approximate surface area is 110 Å². The van der Waals surface area contributed by atoms with Crippen LogP contribution in [0.15, 0.2) is 0 Å². The number of aliphatic hydroxyl groups is 1. The molecular formula is C13H26N2O3. The fourth-order valence-electron chi connectivity index (χ4n) is 2.06. The standard InChI is InChI=1S/C13H26N2O3/c1-12(2,3)18-11(16)15-8-7-14(6)9-10(15)13(4,5)17/h10,17H,7-9H2,1-6H3. The van der Waals surface area contributed by atoms with E-state index in [0.29, 0.717) is 13.1 Å². The topological polar surface area (TPSA) is 53.0 Å². The average molecular weight is 258 g/mol. The van der Waals surface area contributed by atoms with Gasteiger partial charge in [0.05, 0.1) is 11.6 Å². The summed E-state index contributed by atoms with van der Waals surface area (Å²) in [4.78, 5) is 15.9. The summed E-state index contributed by atoms with van der Waals surface area (Å²) in [6, 6.07) is -0.244. The van der Waals surface area contributed by atoms with Crippen LogP contribution in [0, 0.1) is 0 Å². The second-order valence-electron chi connectivity index (χ2n) is 6.61. The summed E-state index contributed by atoms with van der Waals surface area (Å²) < 4.78 is 5.40. The zero-order valence-electron chi connectivity index (χ0n) is 12.4. The first-order valence-corrected chi connectivity index (χ1v) is 6.41. The number of hydrogen-bond acceptors (Lipinski definition) is 4. The van der Waals surface area contributed by atoms with Gasteiger partial charge in [-0.05, 0) is 41.7 Å². The van der Waals surface area contributed by atoms with Crippen LogP contribution in [-0.2, 0) is 4.74 Å². The van der Waals surface area contributed by atoms with Gasteiger partial charge in [-0.2, -0.15) is 0 Å². The predicted octanol–water partition coefficient (Wildman–Crippen LogP) is 1.31. The maximum absolute atomic E-state index is 12.2. The predicted molar refractivity (Wildman–Crippen MR) is 70.5 cm³/mol. The SMILES string of the molecule is CN1CCN(C(=O)OC(C)(C)C)C(C(C)(C)O)C1. The molecular weight excluding hydrogens is 232 g/mol. The van der Waals surface area contributed by atoms with Gasteiger partial charge < -0.3 is 14.7 Å². The molecule has 0 aromatic carbocycles. The van der Waals surface area contributed by atoms with Crippen molar-refractivity contribution >= 4 is 6.09 Å². The highest BCUT2D eigenvalue weighted by Gasteiger charge is 2.40. The minimum atomic E-state index is -0.939. The summed E-state index contributed by atoms with van der Waals surface area (Å²) in [7, 11) is 1.99. The monoisotopic (exact) mass is 258 g/mol. The fraction of sp³-hybridized carbons (Fsp3) is 0.923. The molecule has 0 saturated carbocycles. The van der Waals surface area contributed by atoms with Crippen molar-refractivity contribution in [1.29, 1.82) is 0 Å². The van der Waals surface area contributed by atoms with Crippen molar-refractivity contribution in [2.45, 2.75) is 51.9 Å². The number of amides is 1. The van der Waals surface area contributed by atoms with Crippen molar-refractivity contribution in [3.63, 3.8) is 0 Å². The quantitative estimate of drug-likeness (QED) is 0.770. The normalized spacial score (nSPS) is 23.1. The minimum absolute atomic E-state index is 0.244. The first-order valence-electron chi connectivity index (χ1n) is 6.41. The first kappa shape index (κ1) is 15.2. The Morgan fingerprint density at radius 3 is 2.22 bits per heavy atom. The highest BCUT2D eigenvalue weighted by Crippen LogP contribution is 2.22. The third-order valence-corrected chi connectivity index (χ3v) is 3.03. The molecule has 1 fully saturated rings. The lowest BCUT2D eigenvalue weighted by Gasteiger charge is -2.45. The lowest BCUT2D eigenvalue weighted by molar-refractivity contribution is -0.0615. The van der Waals surface area contributed by atoms with E-state index in [1.807, 2.05) is 27.8 Å². The molecule has 0 radical (unpaired) electrons. The number of ether oxygens (including phenoxy) is 1. The summed E-state index contributed by atoms with van der Waals surface area (Å²) in [6.07, 6.45) is -0.345. The number of hydrogen-bond donors (Lipinski definition) is 1. The summed E-state index contributed by atoms with van der Waals surface area (Å²) >= 11 is 0. The molecule has 5 heteroatoms. The highest BCUT2D eigenvalue weighted by molar-refractivity contribution is 5.69. The highest BCUT2D eigenvalue weighted by atomic mass is 16.6. The molecule has 0 spiro atoms. The number of nitrogens with zero attached hydrogens (tertiary/aromatic N) is 2. The molecule has 1 saturated heterocycles. The van der Waals surface area contributed by atoms with Gasteiger partial charge in [-0.1, -0.05) is 0 Å². The van der Waals surface area contributed by atoms with E-state index in [9.17, 15) is 9.90 Å². The van der Waals surface area contributed by atoms with Gasteiger partial charge in [-0.25, -0.2) is 4.79 Å². The van der Waals surface area contributed by atoms with Gasteiger partial charge in [-0.3, -0.25) is 4.90 Å². The summed E-state index contributed by atoms with van der Waals surface area (Å²) in [5.41, 5.74) is -1.45. The molecule has 18 heavy (non-hydrogen) atoms. The molecule has 5 nitrogen and oxygen atoms in total. The largest absolute Gasteiger partial charge is 0.444 e. The molecule has 1 unspecified atom stereocenters. The van der Waals surface area contributed by atoms with E-state index in [1.165, 1.54) is 0 Å². The maximum atomic E-state index is 12.2. The van der Waals surface area contributed by atoms with Gasteiger partial charge in [0.1, 0.15) is 5.60 Å². The number of carbonyl (C=O) groups excluding carboxylic acids is 1. The van der Waals surface area contributed by atoms with E-state index in [4.69, 9.17) is 4.74 Å². The smallest absolute Gasteiger partial charge is 0.410 e. The van der Waals surface area contributed by atoms with E-state index < -0.39 is 11.2 Å². The maximum Gasteiger partial charge on any atom is 0.410 e. The van der Waals surface area contributed by atoms with E-state index in [-0.39, 0.29) is 12.1 Å². The molecule has 0 aliphatic carbocycles. The Balaban J connectivity index is 2.81. The van der Waals surface area contributed by atoms with Crippen molar-refractivity contribution in [2.24, 2.45) is 0 Å². The third-order valence-electron chi connectivity index (χ3n) is 3.03. The van der Waals surface area contributed by atoms with Crippen LogP contribution in [0.2, 0.25) is 0 Å². The van der Waals surface area contributed by atoms with Crippen LogP contribution < -0.4 is 0 Å². The van der Waals surface area contributed by atoms with Crippen LogP contribution in [0.4, 0.5) is 4.79 Å². The van der Waals surface area contributed by atoms with Gasteiger partial charge in [0.15, 0.2) is 0 Å². The molecule has 1 atom stereocenters. The van der Waals surface area contributed by atoms with Crippen molar-refractivity contribution < 1.29 is 14.6 Å². The zero-order chi connectivity index (χ0) is 14.1. The molecule has 0 bridgehead atoms. The van der Waals surface area contributed by atoms with E-state index in [1.54, 1.807) is 18.7 Å². The molecule has 1 N–H and O–H groups in total. The minimum Gasteiger partial charge on any atom is -0.444 e. The molecule has 1 aliphatic rings. The molecule has 0 aromatic heterocycles. The Morgan fingerprint density at radius 1 is 1.22 bits per heavy atom. The van der Waals surface area contributed by atoms with Crippen LogP contribution in [-0.4, -0.2) is 64.9 Å². The average Bonchev–Trinajstić information content (AvgIpc) is 2.13. The molecule has 1 heterocycles. The van der Waals surface area contributed by atoms with E-state index in [0.717, 1.165) is 6.54 Å². The van der Waals surface area contributed by atoms with E-state index >= 15 is 0 Å². The molecule has 1 aliphatic heterocycles. The molecule has 1 rings (SSSR count). The first-order chi connectivity index (χ1) is 8.00. The number of rotatable bonds is 1. The fourth-order valence-corrected chi connectivity index (χ4v) is 2.06. The Morgan fingerprint density at radius 2 is 1.78 bits per heavy atom. The zero-order valence-corrected chi connectivity index (χ0v) is 12.4. The van der Waals surface area contributed by atoms with E-state index in [2.05, 4.69) is 4.90 Å². The van der Waals surface area contributed by atoms with Gasteiger partial charge in [0.25, 0.3) is 0 Å². The lowest BCUT2D eigenvalue weighted by atomic mass is 9.95. The Bertz CT molecular complexity index is 304. The second-order valence-corrected chi connectivity index (χ2v) is 6.61. The lowest BCUT2D eigenvalue weighted by Crippen LogP contribution is -2.62. The van der Waals surface area contributed by atoms with Crippen LogP contribution in [0.3, 0.4) is 0 Å². The van der Waals surface area contributed by atoms with Crippen LogP contribution >= 0.6 is 0 Å². The third kappa shape index (κ3) is 4.14. The van der Waals surface area contributed by atoms with Crippen LogP contribution in [0.5, 0.6) is 0 Å². The van der Waals surface area contributed by atoms with Crippen molar-refractivity contribution in [3.05, 3.63) is 0 Å². The second kappa shape index (κ2) is 5.05. The van der Waals surface area contributed by atoms with Gasteiger partial charge in [0, 0.05) is 19.6 Å². The number of piperazine rings is 1. The van der Waals surface area contributed by atoms with Crippen molar-refractivity contribution in [1.82, 2.24) is 9.80 Å². The Hall–Kier alpha value is -0.810. The van der Waals surface area contributed by atoms with Crippen LogP contribution in [0.1, 0.15) is 34.6 Å². The molecule has 0 aromatic rings. The summed E-state index contributed by atoms with van der Waals surface area (Å²) in [5, 5.41) is 10.2. The van der Waals surface area contributed by atoms with Gasteiger partial charge in [-0.15, -0.1) is 0 Å². The van der Waals surface area contributed by atoms with Gasteiger partial charge in [0.2, 0.25) is 0 Å². The summed E-state index contributed by atoms with van der Waals surface area (Å²) in [5.74, 6) is 0. The van der Waals surface area contributed by atoms with Crippen molar-refractivity contribution in [2.75, 3.05) is 26.7 Å². The number of carbonyl (C=O) groups is 1.